The van der Waals surface area contributed by atoms with Gasteiger partial charge in [0, 0.05) is 35.9 Å². The largest absolute Gasteiger partial charge is 0.453 e. The molecule has 103 heavy (non-hydrogen) atoms. The van der Waals surface area contributed by atoms with E-state index in [4.69, 9.17) is 9.47 Å². The lowest BCUT2D eigenvalue weighted by molar-refractivity contribution is 0.477. The molecule has 5 aliphatic rings. The molecule has 0 aliphatic carbocycles. The first-order chi connectivity index (χ1) is 50.0. The Kier molecular flexibility index (Phi) is 14.2. The van der Waals surface area contributed by atoms with Crippen molar-refractivity contribution in [1.82, 2.24) is 0 Å². The van der Waals surface area contributed by atoms with Gasteiger partial charge >= 0.3 is 0 Å². The molecule has 0 spiro atoms. The van der Waals surface area contributed by atoms with Crippen molar-refractivity contribution in [2.24, 2.45) is 0 Å². The molecule has 8 heterocycles. The van der Waals surface area contributed by atoms with Gasteiger partial charge in [0.1, 0.15) is 10.0 Å². The van der Waals surface area contributed by atoms with Gasteiger partial charge in [-0.25, -0.2) is 16.8 Å². The third kappa shape index (κ3) is 9.58. The fourth-order valence-corrected chi connectivity index (χ4v) is 23.2. The highest BCUT2D eigenvalue weighted by Crippen LogP contribution is 2.63. The molecule has 0 N–H and O–H groups in total. The Balaban J connectivity index is 0.000000143. The number of hydrogen-bond donors (Lipinski definition) is 0. The molecule has 20 rings (SSSR count). The van der Waals surface area contributed by atoms with Crippen LogP contribution in [0.4, 0.5) is 66.9 Å². The van der Waals surface area contributed by atoms with Crippen molar-refractivity contribution in [2.75, 3.05) is 19.6 Å². The monoisotopic (exact) mass is 1430 g/mol. The van der Waals surface area contributed by atoms with Crippen LogP contribution in [-0.2, 0) is 30.5 Å². The van der Waals surface area contributed by atoms with Crippen LogP contribution in [-0.4, -0.2) is 16.8 Å². The molecule has 0 bridgehead atoms. The van der Waals surface area contributed by atoms with Gasteiger partial charge < -0.3 is 19.3 Å². The smallest absolute Gasteiger partial charge is 0.209 e. The fourth-order valence-electron chi connectivity index (χ4n) is 15.6. The molecular weight excluding hydrogens is 1370 g/mol. The number of nitrogens with zero attached hydrogens (tertiary/aromatic N) is 4. The fraction of sp³-hybridized carbons (Fsp3) is 0.0690. The second-order valence-corrected chi connectivity index (χ2v) is 34.0. The Morgan fingerprint density at radius 2 is 0.709 bits per heavy atom. The summed E-state index contributed by atoms with van der Waals surface area (Å²) < 4.78 is 70.6. The summed E-state index contributed by atoms with van der Waals surface area (Å²) in [5.41, 5.74) is 16.0. The van der Waals surface area contributed by atoms with E-state index in [1.807, 2.05) is 103 Å². The third-order valence-corrected chi connectivity index (χ3v) is 27.9. The maximum Gasteiger partial charge on any atom is 0.209 e. The van der Waals surface area contributed by atoms with Gasteiger partial charge in [-0.05, 0) is 167 Å². The van der Waals surface area contributed by atoms with Crippen molar-refractivity contribution in [2.45, 2.75) is 58.1 Å². The number of sulfone groups is 2. The normalized spacial score (nSPS) is 15.4. The van der Waals surface area contributed by atoms with Gasteiger partial charge in [-0.15, -0.1) is 34.0 Å². The second kappa shape index (κ2) is 23.3. The zero-order chi connectivity index (χ0) is 69.8. The van der Waals surface area contributed by atoms with Crippen LogP contribution in [0.2, 0.25) is 0 Å². The van der Waals surface area contributed by atoms with Gasteiger partial charge in [-0.3, -0.25) is 14.6 Å². The van der Waals surface area contributed by atoms with Gasteiger partial charge in [0.25, 0.3) is 0 Å². The predicted octanol–water partition coefficient (Wildman–Crippen LogP) is 23.9. The number of fused-ring (bicyclic) bond motifs is 12. The Labute approximate surface area is 607 Å². The molecule has 12 aromatic carbocycles. The van der Waals surface area contributed by atoms with Crippen LogP contribution in [0.3, 0.4) is 0 Å². The molecule has 0 atom stereocenters. The van der Waals surface area contributed by atoms with Crippen LogP contribution in [0.1, 0.15) is 49.9 Å². The lowest BCUT2D eigenvalue weighted by Gasteiger charge is -2.44. The molecule has 15 aromatic rings. The van der Waals surface area contributed by atoms with Crippen LogP contribution in [0, 0.1) is 0 Å². The highest BCUT2D eigenvalue weighted by molar-refractivity contribution is 7.97. The number of thiophene rings is 2. The molecule has 3 aromatic heterocycles. The van der Waals surface area contributed by atoms with Crippen molar-refractivity contribution in [3.63, 3.8) is 0 Å². The highest BCUT2D eigenvalue weighted by Gasteiger charge is 2.44. The quantitative estimate of drug-likeness (QED) is 0.148. The van der Waals surface area contributed by atoms with E-state index in [1.54, 1.807) is 58.3 Å². The summed E-state index contributed by atoms with van der Waals surface area (Å²) in [4.78, 5) is 23.9. The summed E-state index contributed by atoms with van der Waals surface area (Å²) in [7, 11) is -8.19. The molecule has 11 nitrogen and oxygen atoms in total. The minimum absolute atomic E-state index is 0.0653. The summed E-state index contributed by atoms with van der Waals surface area (Å²) in [6.45, 7) is 9.06. The highest BCUT2D eigenvalue weighted by atomic mass is 32.2. The van der Waals surface area contributed by atoms with Crippen molar-refractivity contribution in [1.29, 1.82) is 0 Å². The maximum atomic E-state index is 14.1. The maximum absolute atomic E-state index is 14.1. The standard InChI is InChI=1S/C46H36N2O4S3.C41H24N2O3S2/c1-45(2)30-15-5-9-19-34(30)47(35-20-10-6-16-31(35)45)38-28-39(29-25-26-42-43(27-29)55(51,52)41-24-14-13-23-40(41)54(42,49)50)53-44(38)48-36-21-11-7-17-32(36)46(3,4)33-18-8-12-22-37(33)48;44-40-26-11-1-10-20-37(26)47-38-23-25(21-22-27(38)40)41-32(42-28-12-2-6-16-33(28)45-34-17-7-3-13-29(34)42)24-39(48-41)43-30-14-4-8-18-35(30)46-36-19-9-5-15-31(36)43/h5-28H,1-4H3;1-24H. The summed E-state index contributed by atoms with van der Waals surface area (Å²) in [6, 6.07) is 95.9. The first-order valence-electron chi connectivity index (χ1n) is 33.8. The zero-order valence-corrected chi connectivity index (χ0v) is 60.0. The van der Waals surface area contributed by atoms with Crippen LogP contribution in [0.25, 0.3) is 41.1 Å². The summed E-state index contributed by atoms with van der Waals surface area (Å²) in [5, 5.41) is 3.48. The summed E-state index contributed by atoms with van der Waals surface area (Å²) in [5.74, 6) is 3.19. The molecule has 500 valence electrons. The number of benzene rings is 12. The van der Waals surface area contributed by atoms with Crippen molar-refractivity contribution in [3.05, 3.63) is 324 Å². The Hall–Kier alpha value is -11.4. The van der Waals surface area contributed by atoms with E-state index in [2.05, 4.69) is 193 Å². The first-order valence-corrected chi connectivity index (χ1v) is 39.2. The number of hydrogen-bond acceptors (Lipinski definition) is 14. The SMILES string of the molecule is CC1(C)c2ccccc2N(c2cc(-c3ccc4c(c3)S(=O)(=O)c3ccccc3S4(=O)=O)sc2N2c3ccccc3C(C)(C)c3ccccc32)c2ccccc21.O=c1c2ccccc2sc2cc(-c3sc(N4c5ccccc5Oc5ccccc54)cc3N3c4ccccc4Oc4ccccc43)ccc12. The van der Waals surface area contributed by atoms with E-state index < -0.39 is 19.7 Å². The molecule has 0 saturated carbocycles. The van der Waals surface area contributed by atoms with E-state index in [-0.39, 0.29) is 35.8 Å². The molecule has 16 heteroatoms. The van der Waals surface area contributed by atoms with Gasteiger partial charge in [0.15, 0.2) is 28.4 Å². The molecule has 0 fully saturated rings. The lowest BCUT2D eigenvalue weighted by Crippen LogP contribution is -2.32. The molecular formula is C87H60N4O7S5. The molecule has 0 amide bonds. The minimum Gasteiger partial charge on any atom is -0.453 e. The van der Waals surface area contributed by atoms with Gasteiger partial charge in [-0.1, -0.05) is 185 Å². The Morgan fingerprint density at radius 1 is 0.311 bits per heavy atom. The predicted molar refractivity (Wildman–Crippen MR) is 419 cm³/mol. The Morgan fingerprint density at radius 3 is 1.23 bits per heavy atom. The average molecular weight is 1430 g/mol. The molecule has 0 saturated heterocycles. The van der Waals surface area contributed by atoms with E-state index in [0.717, 1.165) is 125 Å². The summed E-state index contributed by atoms with van der Waals surface area (Å²) >= 11 is 4.94. The van der Waals surface area contributed by atoms with Crippen LogP contribution in [0.5, 0.6) is 23.0 Å². The molecule has 0 radical (unpaired) electrons. The van der Waals surface area contributed by atoms with Crippen molar-refractivity contribution >= 4 is 141 Å². The van der Waals surface area contributed by atoms with Crippen molar-refractivity contribution in [3.8, 4) is 43.9 Å². The van der Waals surface area contributed by atoms with Gasteiger partial charge in [-0.2, -0.15) is 0 Å². The van der Waals surface area contributed by atoms with E-state index in [0.29, 0.717) is 5.56 Å². The van der Waals surface area contributed by atoms with E-state index in [9.17, 15) is 21.6 Å². The van der Waals surface area contributed by atoms with Crippen LogP contribution in [0.15, 0.2) is 316 Å². The topological polar surface area (TPSA) is 117 Å². The third-order valence-electron chi connectivity index (χ3n) is 20.5. The average Bonchev–Trinajstić information content (AvgIpc) is 1.69. The first kappa shape index (κ1) is 62.6. The van der Waals surface area contributed by atoms with Crippen LogP contribution >= 0.6 is 34.0 Å². The van der Waals surface area contributed by atoms with Gasteiger partial charge in [0.05, 0.1) is 81.3 Å². The van der Waals surface area contributed by atoms with E-state index in [1.165, 1.54) is 40.5 Å². The zero-order valence-electron chi connectivity index (χ0n) is 55.9. The second-order valence-electron chi connectivity index (χ2n) is 27.1. The van der Waals surface area contributed by atoms with E-state index >= 15 is 0 Å². The number of para-hydroxylation sites is 12. The van der Waals surface area contributed by atoms with Crippen LogP contribution < -0.4 is 34.5 Å². The summed E-state index contributed by atoms with van der Waals surface area (Å²) in [6.07, 6.45) is 0. The number of anilines is 12. The van der Waals surface area contributed by atoms with Gasteiger partial charge in [0.2, 0.25) is 19.7 Å². The number of rotatable bonds is 6. The lowest BCUT2D eigenvalue weighted by atomic mass is 9.73. The molecule has 5 aliphatic heterocycles. The number of ether oxygens (including phenoxy) is 2. The minimum atomic E-state index is -4.13. The molecule has 0 unspecified atom stereocenters. The Bertz CT molecular complexity index is 6100. The van der Waals surface area contributed by atoms with Crippen molar-refractivity contribution < 1.29 is 26.3 Å².